The molecule has 0 aliphatic carbocycles. The van der Waals surface area contributed by atoms with Gasteiger partial charge in [0.1, 0.15) is 0 Å². The molecule has 114 valence electrons. The van der Waals surface area contributed by atoms with Crippen molar-refractivity contribution in [2.45, 2.75) is 13.8 Å². The average molecular weight is 335 g/mol. The van der Waals surface area contributed by atoms with Crippen LogP contribution in [-0.2, 0) is 0 Å². The Balaban J connectivity index is 2.29. The van der Waals surface area contributed by atoms with Crippen molar-refractivity contribution in [3.05, 3.63) is 68.7 Å². The van der Waals surface area contributed by atoms with Crippen LogP contribution in [0.1, 0.15) is 22.3 Å². The van der Waals surface area contributed by atoms with Crippen LogP contribution in [0.5, 0.6) is 0 Å². The monoisotopic (exact) mass is 334 g/mol. The highest BCUT2D eigenvalue weighted by molar-refractivity contribution is 6.34. The lowest BCUT2D eigenvalue weighted by Crippen LogP contribution is -2.16. The second-order valence-corrected chi connectivity index (χ2v) is 5.73. The van der Waals surface area contributed by atoms with E-state index in [-0.39, 0.29) is 11.7 Å². The maximum absolute atomic E-state index is 6.14. The molecule has 0 aliphatic heterocycles. The molecule has 0 heterocycles. The van der Waals surface area contributed by atoms with E-state index in [1.54, 1.807) is 12.1 Å². The fraction of sp³-hybridized carbons (Fsp3) is 0.125. The van der Waals surface area contributed by atoms with E-state index < -0.39 is 0 Å². The molecule has 0 saturated heterocycles. The van der Waals surface area contributed by atoms with E-state index in [1.807, 2.05) is 38.1 Å². The number of aryl methyl sites for hydroxylation is 2. The van der Waals surface area contributed by atoms with Crippen LogP contribution in [-0.4, -0.2) is 11.7 Å². The van der Waals surface area contributed by atoms with Crippen LogP contribution in [0.15, 0.2) is 46.6 Å². The zero-order chi connectivity index (χ0) is 16.3. The number of amidine groups is 2. The van der Waals surface area contributed by atoms with Gasteiger partial charge < -0.3 is 11.5 Å². The van der Waals surface area contributed by atoms with E-state index in [0.29, 0.717) is 21.2 Å². The average Bonchev–Trinajstić information content (AvgIpc) is 2.47. The topological polar surface area (TPSA) is 76.8 Å². The molecule has 0 bridgehead atoms. The fourth-order valence-corrected chi connectivity index (χ4v) is 2.31. The Morgan fingerprint density at radius 2 is 1.55 bits per heavy atom. The van der Waals surface area contributed by atoms with E-state index >= 15 is 0 Å². The standard InChI is InChI=1S/C16H16Cl2N4/c1-9-3-6-12(14(18)7-9)16(20)22-21-15(19)11-5-4-10(2)13(17)8-11/h3-8H,1-2H3,(H2,19,21)(H2,20,22). The summed E-state index contributed by atoms with van der Waals surface area (Å²) in [5, 5.41) is 9.03. The summed E-state index contributed by atoms with van der Waals surface area (Å²) in [7, 11) is 0. The van der Waals surface area contributed by atoms with Gasteiger partial charge in [-0.25, -0.2) is 0 Å². The molecule has 2 aromatic rings. The summed E-state index contributed by atoms with van der Waals surface area (Å²) in [4.78, 5) is 0. The molecule has 6 heteroatoms. The van der Waals surface area contributed by atoms with Crippen LogP contribution in [0.4, 0.5) is 0 Å². The summed E-state index contributed by atoms with van der Waals surface area (Å²) < 4.78 is 0. The number of hydrogen-bond donors (Lipinski definition) is 2. The van der Waals surface area contributed by atoms with Crippen LogP contribution >= 0.6 is 23.2 Å². The van der Waals surface area contributed by atoms with Crippen molar-refractivity contribution in [2.24, 2.45) is 21.7 Å². The molecule has 0 fully saturated rings. The highest BCUT2D eigenvalue weighted by Crippen LogP contribution is 2.18. The number of halogens is 2. The molecule has 0 spiro atoms. The Bertz CT molecular complexity index is 767. The first-order chi connectivity index (χ1) is 10.4. The third-order valence-corrected chi connectivity index (χ3v) is 3.85. The summed E-state index contributed by atoms with van der Waals surface area (Å²) in [6.45, 7) is 3.86. The molecule has 2 aromatic carbocycles. The Kier molecular flexibility index (Phi) is 5.06. The van der Waals surface area contributed by atoms with Gasteiger partial charge in [0.05, 0.1) is 5.02 Å². The number of benzene rings is 2. The summed E-state index contributed by atoms with van der Waals surface area (Å²) in [5.74, 6) is 0.430. The van der Waals surface area contributed by atoms with Crippen LogP contribution in [0.3, 0.4) is 0 Å². The molecule has 2 rings (SSSR count). The minimum Gasteiger partial charge on any atom is -0.382 e. The minimum atomic E-state index is 0.200. The van der Waals surface area contributed by atoms with Gasteiger partial charge >= 0.3 is 0 Å². The first-order valence-electron chi connectivity index (χ1n) is 6.58. The number of nitrogens with zero attached hydrogens (tertiary/aromatic N) is 2. The van der Waals surface area contributed by atoms with E-state index in [1.165, 1.54) is 0 Å². The normalized spacial score (nSPS) is 12.5. The SMILES string of the molecule is Cc1ccc(/C(N)=N/N=C(\N)c2ccc(C)c(Cl)c2)c(Cl)c1. The quantitative estimate of drug-likeness (QED) is 0.510. The second-order valence-electron chi connectivity index (χ2n) is 4.92. The van der Waals surface area contributed by atoms with Crippen LogP contribution in [0.2, 0.25) is 10.0 Å². The van der Waals surface area contributed by atoms with Crippen molar-refractivity contribution in [1.29, 1.82) is 0 Å². The largest absolute Gasteiger partial charge is 0.382 e. The van der Waals surface area contributed by atoms with E-state index in [0.717, 1.165) is 11.1 Å². The second kappa shape index (κ2) is 6.81. The molecular weight excluding hydrogens is 319 g/mol. The lowest BCUT2D eigenvalue weighted by Gasteiger charge is -2.04. The van der Waals surface area contributed by atoms with Crippen molar-refractivity contribution < 1.29 is 0 Å². The number of hydrogen-bond acceptors (Lipinski definition) is 2. The third-order valence-electron chi connectivity index (χ3n) is 3.13. The Morgan fingerprint density at radius 1 is 0.864 bits per heavy atom. The van der Waals surface area contributed by atoms with Crippen molar-refractivity contribution >= 4 is 34.9 Å². The molecule has 0 aromatic heterocycles. The molecule has 0 unspecified atom stereocenters. The van der Waals surface area contributed by atoms with Gasteiger partial charge in [0.15, 0.2) is 11.7 Å². The van der Waals surface area contributed by atoms with E-state index in [2.05, 4.69) is 10.2 Å². The van der Waals surface area contributed by atoms with Gasteiger partial charge in [-0.3, -0.25) is 0 Å². The Morgan fingerprint density at radius 3 is 2.18 bits per heavy atom. The highest BCUT2D eigenvalue weighted by atomic mass is 35.5. The number of rotatable bonds is 3. The molecule has 0 atom stereocenters. The van der Waals surface area contributed by atoms with Gasteiger partial charge in [-0.2, -0.15) is 0 Å². The first-order valence-corrected chi connectivity index (χ1v) is 7.33. The van der Waals surface area contributed by atoms with Gasteiger partial charge in [0.25, 0.3) is 0 Å². The van der Waals surface area contributed by atoms with Crippen molar-refractivity contribution in [1.82, 2.24) is 0 Å². The molecule has 0 saturated carbocycles. The molecule has 0 radical (unpaired) electrons. The minimum absolute atomic E-state index is 0.200. The lowest BCUT2D eigenvalue weighted by molar-refractivity contribution is 1.20. The Labute approximate surface area is 139 Å². The predicted octanol–water partition coefficient (Wildman–Crippen LogP) is 3.64. The van der Waals surface area contributed by atoms with E-state index in [4.69, 9.17) is 34.7 Å². The summed E-state index contributed by atoms with van der Waals surface area (Å²) in [6.07, 6.45) is 0. The van der Waals surface area contributed by atoms with Gasteiger partial charge in [0.2, 0.25) is 0 Å². The molecule has 0 aliphatic rings. The van der Waals surface area contributed by atoms with Gasteiger partial charge in [0, 0.05) is 16.1 Å². The van der Waals surface area contributed by atoms with Crippen molar-refractivity contribution in [3.8, 4) is 0 Å². The van der Waals surface area contributed by atoms with Crippen LogP contribution < -0.4 is 11.5 Å². The molecule has 4 N–H and O–H groups in total. The molecule has 0 amide bonds. The van der Waals surface area contributed by atoms with Gasteiger partial charge in [-0.05, 0) is 43.2 Å². The molecule has 4 nitrogen and oxygen atoms in total. The maximum atomic E-state index is 6.14. The summed E-state index contributed by atoms with van der Waals surface area (Å²) in [6, 6.07) is 10.9. The highest BCUT2D eigenvalue weighted by Gasteiger charge is 2.06. The smallest absolute Gasteiger partial charge is 0.154 e. The van der Waals surface area contributed by atoms with Gasteiger partial charge in [-0.1, -0.05) is 41.4 Å². The zero-order valence-electron chi connectivity index (χ0n) is 12.3. The molecule has 22 heavy (non-hydrogen) atoms. The molecular formula is C16H16Cl2N4. The predicted molar refractivity (Wildman–Crippen MR) is 93.8 cm³/mol. The van der Waals surface area contributed by atoms with Crippen molar-refractivity contribution in [3.63, 3.8) is 0 Å². The third kappa shape index (κ3) is 3.78. The first kappa shape index (κ1) is 16.3. The summed E-state index contributed by atoms with van der Waals surface area (Å²) in [5.41, 5.74) is 15.1. The Hall–Kier alpha value is -2.04. The lowest BCUT2D eigenvalue weighted by atomic mass is 10.1. The fourth-order valence-electron chi connectivity index (χ4n) is 1.80. The van der Waals surface area contributed by atoms with Gasteiger partial charge in [-0.15, -0.1) is 10.2 Å². The van der Waals surface area contributed by atoms with Crippen molar-refractivity contribution in [2.75, 3.05) is 0 Å². The summed E-state index contributed by atoms with van der Waals surface area (Å²) >= 11 is 12.2. The van der Waals surface area contributed by atoms with Crippen LogP contribution in [0.25, 0.3) is 0 Å². The maximum Gasteiger partial charge on any atom is 0.154 e. The van der Waals surface area contributed by atoms with Crippen LogP contribution in [0, 0.1) is 13.8 Å². The zero-order valence-corrected chi connectivity index (χ0v) is 13.8. The number of nitrogens with two attached hydrogens (primary N) is 2. The van der Waals surface area contributed by atoms with E-state index in [9.17, 15) is 0 Å².